The van der Waals surface area contributed by atoms with E-state index in [1.54, 1.807) is 26.4 Å². The van der Waals surface area contributed by atoms with E-state index in [0.717, 1.165) is 5.56 Å². The van der Waals surface area contributed by atoms with Crippen LogP contribution in [0.3, 0.4) is 0 Å². The van der Waals surface area contributed by atoms with Gasteiger partial charge in [-0.15, -0.1) is 0 Å². The molecule has 14 heavy (non-hydrogen) atoms. The van der Waals surface area contributed by atoms with Gasteiger partial charge in [0.25, 0.3) is 0 Å². The molecule has 0 bridgehead atoms. The molecule has 0 heterocycles. The minimum absolute atomic E-state index is 0.141. The Morgan fingerprint density at radius 3 is 2.50 bits per heavy atom. The number of phenolic OH excluding ortho intramolecular Hbond substituents is 1. The van der Waals surface area contributed by atoms with Gasteiger partial charge in [0.1, 0.15) is 16.0 Å². The molecule has 1 N–H and O–H groups in total. The summed E-state index contributed by atoms with van der Waals surface area (Å²) >= 11 is 3.26. The molecule has 0 saturated carbocycles. The largest absolute Gasteiger partial charge is 0.506 e. The molecular formula is C10H13BrO3. The highest BCUT2D eigenvalue weighted by molar-refractivity contribution is 9.10. The molecule has 1 rings (SSSR count). The topological polar surface area (TPSA) is 38.7 Å². The zero-order valence-electron chi connectivity index (χ0n) is 8.37. The van der Waals surface area contributed by atoms with Crippen molar-refractivity contribution in [1.82, 2.24) is 0 Å². The number of hydrogen-bond donors (Lipinski definition) is 1. The summed E-state index contributed by atoms with van der Waals surface area (Å²) in [5, 5.41) is 9.80. The smallest absolute Gasteiger partial charge is 0.139 e. The van der Waals surface area contributed by atoms with Crippen molar-refractivity contribution in [3.05, 3.63) is 22.2 Å². The van der Waals surface area contributed by atoms with Gasteiger partial charge in [-0.1, -0.05) is 0 Å². The maximum Gasteiger partial charge on any atom is 0.139 e. The van der Waals surface area contributed by atoms with Crippen molar-refractivity contribution in [2.75, 3.05) is 14.2 Å². The second-order valence-electron chi connectivity index (χ2n) is 2.90. The number of aromatic hydroxyl groups is 1. The standard InChI is InChI=1S/C10H13BrO3/c1-6(13-2)7-4-5-8(14-3)9(11)10(7)12/h4-6,12H,1-3H3. The summed E-state index contributed by atoms with van der Waals surface area (Å²) in [5.74, 6) is 0.772. The van der Waals surface area contributed by atoms with E-state index in [1.165, 1.54) is 0 Å². The van der Waals surface area contributed by atoms with Crippen LogP contribution in [0.25, 0.3) is 0 Å². The minimum atomic E-state index is -0.141. The fraction of sp³-hybridized carbons (Fsp3) is 0.400. The molecule has 0 aliphatic heterocycles. The molecule has 0 spiro atoms. The zero-order valence-corrected chi connectivity index (χ0v) is 9.96. The third-order valence-corrected chi connectivity index (χ3v) is 2.89. The number of rotatable bonds is 3. The Kier molecular flexibility index (Phi) is 3.77. The third kappa shape index (κ3) is 2.01. The van der Waals surface area contributed by atoms with Gasteiger partial charge in [0.2, 0.25) is 0 Å². The van der Waals surface area contributed by atoms with E-state index in [2.05, 4.69) is 15.9 Å². The van der Waals surface area contributed by atoms with Crippen LogP contribution in [0.4, 0.5) is 0 Å². The minimum Gasteiger partial charge on any atom is -0.506 e. The summed E-state index contributed by atoms with van der Waals surface area (Å²) in [6, 6.07) is 3.57. The van der Waals surface area contributed by atoms with Crippen molar-refractivity contribution in [3.8, 4) is 11.5 Å². The number of methoxy groups -OCH3 is 2. The van der Waals surface area contributed by atoms with Crippen LogP contribution in [0.2, 0.25) is 0 Å². The van der Waals surface area contributed by atoms with Crippen molar-refractivity contribution in [2.45, 2.75) is 13.0 Å². The van der Waals surface area contributed by atoms with E-state index in [-0.39, 0.29) is 11.9 Å². The van der Waals surface area contributed by atoms with Gasteiger partial charge in [0.05, 0.1) is 13.2 Å². The van der Waals surface area contributed by atoms with Crippen molar-refractivity contribution >= 4 is 15.9 Å². The quantitative estimate of drug-likeness (QED) is 0.909. The van der Waals surface area contributed by atoms with Gasteiger partial charge in [-0.05, 0) is 35.0 Å². The first-order valence-electron chi connectivity index (χ1n) is 4.20. The van der Waals surface area contributed by atoms with Crippen molar-refractivity contribution < 1.29 is 14.6 Å². The van der Waals surface area contributed by atoms with Crippen LogP contribution in [-0.4, -0.2) is 19.3 Å². The predicted octanol–water partition coefficient (Wildman–Crippen LogP) is 2.87. The number of benzene rings is 1. The lowest BCUT2D eigenvalue weighted by molar-refractivity contribution is 0.117. The van der Waals surface area contributed by atoms with Crippen molar-refractivity contribution in [1.29, 1.82) is 0 Å². The molecule has 0 aliphatic rings. The molecule has 3 nitrogen and oxygen atoms in total. The summed E-state index contributed by atoms with van der Waals surface area (Å²) in [7, 11) is 3.15. The molecule has 0 fully saturated rings. The Morgan fingerprint density at radius 2 is 2.00 bits per heavy atom. The van der Waals surface area contributed by atoms with Crippen LogP contribution in [0.5, 0.6) is 11.5 Å². The average Bonchev–Trinajstić information content (AvgIpc) is 2.21. The first kappa shape index (κ1) is 11.3. The highest BCUT2D eigenvalue weighted by Crippen LogP contribution is 2.39. The Hall–Kier alpha value is -0.740. The number of hydrogen-bond acceptors (Lipinski definition) is 3. The predicted molar refractivity (Wildman–Crippen MR) is 57.8 cm³/mol. The Labute approximate surface area is 91.8 Å². The second kappa shape index (κ2) is 4.66. The van der Waals surface area contributed by atoms with E-state index in [4.69, 9.17) is 9.47 Å². The molecule has 1 atom stereocenters. The Balaban J connectivity index is 3.17. The third-order valence-electron chi connectivity index (χ3n) is 2.12. The SMILES string of the molecule is COc1ccc(C(C)OC)c(O)c1Br. The molecule has 0 aliphatic carbocycles. The van der Waals surface area contributed by atoms with E-state index in [9.17, 15) is 5.11 Å². The molecule has 0 radical (unpaired) electrons. The van der Waals surface area contributed by atoms with Gasteiger partial charge in [-0.2, -0.15) is 0 Å². The molecule has 1 aromatic rings. The maximum absolute atomic E-state index is 9.80. The Morgan fingerprint density at radius 1 is 1.36 bits per heavy atom. The van der Waals surface area contributed by atoms with E-state index >= 15 is 0 Å². The van der Waals surface area contributed by atoms with E-state index in [1.807, 2.05) is 6.92 Å². The highest BCUT2D eigenvalue weighted by Gasteiger charge is 2.15. The number of halogens is 1. The van der Waals surface area contributed by atoms with Crippen LogP contribution < -0.4 is 4.74 Å². The average molecular weight is 261 g/mol. The van der Waals surface area contributed by atoms with Crippen LogP contribution in [0, 0.1) is 0 Å². The second-order valence-corrected chi connectivity index (χ2v) is 3.69. The van der Waals surface area contributed by atoms with Gasteiger partial charge in [0, 0.05) is 12.7 Å². The fourth-order valence-corrected chi connectivity index (χ4v) is 1.70. The monoisotopic (exact) mass is 260 g/mol. The number of phenols is 1. The lowest BCUT2D eigenvalue weighted by Crippen LogP contribution is -1.97. The molecule has 0 amide bonds. The van der Waals surface area contributed by atoms with E-state index in [0.29, 0.717) is 10.2 Å². The summed E-state index contributed by atoms with van der Waals surface area (Å²) in [5.41, 5.74) is 0.736. The van der Waals surface area contributed by atoms with Gasteiger partial charge in [-0.3, -0.25) is 0 Å². The maximum atomic E-state index is 9.80. The molecule has 4 heteroatoms. The fourth-order valence-electron chi connectivity index (χ4n) is 1.17. The van der Waals surface area contributed by atoms with Gasteiger partial charge < -0.3 is 14.6 Å². The van der Waals surface area contributed by atoms with Crippen molar-refractivity contribution in [3.63, 3.8) is 0 Å². The van der Waals surface area contributed by atoms with Crippen LogP contribution >= 0.6 is 15.9 Å². The first-order chi connectivity index (χ1) is 6.61. The van der Waals surface area contributed by atoms with Crippen LogP contribution in [0.1, 0.15) is 18.6 Å². The molecule has 1 aromatic carbocycles. The summed E-state index contributed by atoms with van der Waals surface area (Å²) in [6.07, 6.45) is -0.141. The summed E-state index contributed by atoms with van der Waals surface area (Å²) in [4.78, 5) is 0. The Bertz CT molecular complexity index is 325. The summed E-state index contributed by atoms with van der Waals surface area (Å²) < 4.78 is 10.7. The first-order valence-corrected chi connectivity index (χ1v) is 4.99. The van der Waals surface area contributed by atoms with Gasteiger partial charge >= 0.3 is 0 Å². The highest BCUT2D eigenvalue weighted by atomic mass is 79.9. The van der Waals surface area contributed by atoms with E-state index < -0.39 is 0 Å². The van der Waals surface area contributed by atoms with Gasteiger partial charge in [0.15, 0.2) is 0 Å². The van der Waals surface area contributed by atoms with Crippen LogP contribution in [0.15, 0.2) is 16.6 Å². The lowest BCUT2D eigenvalue weighted by atomic mass is 10.1. The lowest BCUT2D eigenvalue weighted by Gasteiger charge is -2.14. The molecule has 1 unspecified atom stereocenters. The number of ether oxygens (including phenoxy) is 2. The normalized spacial score (nSPS) is 12.6. The molecular weight excluding hydrogens is 248 g/mol. The zero-order chi connectivity index (χ0) is 10.7. The molecule has 0 saturated heterocycles. The molecule has 78 valence electrons. The van der Waals surface area contributed by atoms with Crippen molar-refractivity contribution in [2.24, 2.45) is 0 Å². The van der Waals surface area contributed by atoms with Crippen LogP contribution in [-0.2, 0) is 4.74 Å². The van der Waals surface area contributed by atoms with Gasteiger partial charge in [-0.25, -0.2) is 0 Å². The molecule has 0 aromatic heterocycles. The summed E-state index contributed by atoms with van der Waals surface area (Å²) in [6.45, 7) is 1.87.